The van der Waals surface area contributed by atoms with Crippen LogP contribution in [0.1, 0.15) is 16.8 Å². The Bertz CT molecular complexity index is 1190. The fraction of sp³-hybridized carbons (Fsp3) is 0.150. The molecule has 2 heterocycles. The van der Waals surface area contributed by atoms with Crippen LogP contribution in [-0.2, 0) is 6.18 Å². The van der Waals surface area contributed by atoms with Gasteiger partial charge in [-0.1, -0.05) is 35.3 Å². The third-order valence-electron chi connectivity index (χ3n) is 4.62. The summed E-state index contributed by atoms with van der Waals surface area (Å²) >= 11 is 11.9. The van der Waals surface area contributed by atoms with Crippen molar-refractivity contribution in [2.75, 3.05) is 5.32 Å². The number of aromatic nitrogens is 2. The van der Waals surface area contributed by atoms with E-state index in [-0.39, 0.29) is 44.0 Å². The monoisotopic (exact) mass is 455 g/mol. The summed E-state index contributed by atoms with van der Waals surface area (Å²) in [6.45, 7) is 1.76. The molecule has 1 aromatic heterocycles. The highest BCUT2D eigenvalue weighted by atomic mass is 35.5. The van der Waals surface area contributed by atoms with Gasteiger partial charge in [0.15, 0.2) is 5.69 Å². The Hall–Kier alpha value is -2.68. The molecule has 1 atom stereocenters. The Balaban J connectivity index is 2.00. The molecule has 0 aliphatic carbocycles. The number of hydrogen-bond acceptors (Lipinski definition) is 4. The molecule has 1 aliphatic rings. The van der Waals surface area contributed by atoms with Crippen molar-refractivity contribution < 1.29 is 23.4 Å². The summed E-state index contributed by atoms with van der Waals surface area (Å²) in [5.74, 6) is -0.243. The first-order chi connectivity index (χ1) is 14.1. The van der Waals surface area contributed by atoms with Crippen LogP contribution in [0.4, 0.5) is 19.0 Å². The van der Waals surface area contributed by atoms with E-state index in [1.165, 1.54) is 30.3 Å². The molecule has 0 saturated carbocycles. The standard InChI is InChI=1S/C20H14Cl2F3N3O2/c1-9-2-4-11(15(29)6-9)14-8-16(30)26-19-17(10-3-5-12(21)13(22)7-10)18(20(23,24)25)27-28(14)19/h2-8,16,26,29-30H,1H3. The molecule has 4 rings (SSSR count). The van der Waals surface area contributed by atoms with Crippen LogP contribution in [0.15, 0.2) is 42.5 Å². The molecule has 0 radical (unpaired) electrons. The molecule has 0 fully saturated rings. The minimum atomic E-state index is -4.79. The second kappa shape index (κ2) is 7.23. The zero-order valence-electron chi connectivity index (χ0n) is 15.3. The SMILES string of the molecule is Cc1ccc(C2=CC(O)Nc3c(-c4ccc(Cl)c(Cl)c4)c(C(F)(F)F)nn32)c(O)c1. The molecule has 0 bridgehead atoms. The Morgan fingerprint density at radius 1 is 1.10 bits per heavy atom. The number of rotatable bonds is 2. The molecule has 0 spiro atoms. The van der Waals surface area contributed by atoms with Gasteiger partial charge in [-0.15, -0.1) is 0 Å². The van der Waals surface area contributed by atoms with Gasteiger partial charge in [0.05, 0.1) is 21.3 Å². The van der Waals surface area contributed by atoms with E-state index in [4.69, 9.17) is 23.2 Å². The van der Waals surface area contributed by atoms with E-state index in [1.807, 2.05) is 0 Å². The van der Waals surface area contributed by atoms with E-state index in [9.17, 15) is 23.4 Å². The summed E-state index contributed by atoms with van der Waals surface area (Å²) in [4.78, 5) is 0. The zero-order valence-corrected chi connectivity index (χ0v) is 16.8. The first-order valence-corrected chi connectivity index (χ1v) is 9.44. The van der Waals surface area contributed by atoms with Gasteiger partial charge in [-0.3, -0.25) is 0 Å². The highest BCUT2D eigenvalue weighted by Gasteiger charge is 2.41. The van der Waals surface area contributed by atoms with Crippen molar-refractivity contribution in [2.24, 2.45) is 0 Å². The van der Waals surface area contributed by atoms with Crippen molar-refractivity contribution >= 4 is 34.7 Å². The van der Waals surface area contributed by atoms with Crippen LogP contribution in [0.2, 0.25) is 10.0 Å². The van der Waals surface area contributed by atoms with Crippen molar-refractivity contribution in [3.63, 3.8) is 0 Å². The normalized spacial score (nSPS) is 16.1. The molecule has 1 unspecified atom stereocenters. The summed E-state index contributed by atoms with van der Waals surface area (Å²) in [6.07, 6.45) is -4.84. The lowest BCUT2D eigenvalue weighted by molar-refractivity contribution is -0.140. The second-order valence-corrected chi connectivity index (χ2v) is 7.59. The predicted octanol–water partition coefficient (Wildman–Crippen LogP) is 5.52. The predicted molar refractivity (Wildman–Crippen MR) is 109 cm³/mol. The van der Waals surface area contributed by atoms with Gasteiger partial charge in [0.2, 0.25) is 0 Å². The van der Waals surface area contributed by atoms with Gasteiger partial charge in [-0.2, -0.15) is 18.3 Å². The van der Waals surface area contributed by atoms with Gasteiger partial charge in [-0.05, 0) is 48.4 Å². The van der Waals surface area contributed by atoms with Crippen molar-refractivity contribution in [1.29, 1.82) is 0 Å². The van der Waals surface area contributed by atoms with Crippen molar-refractivity contribution in [1.82, 2.24) is 9.78 Å². The zero-order chi connectivity index (χ0) is 21.8. The molecule has 156 valence electrons. The Morgan fingerprint density at radius 3 is 2.47 bits per heavy atom. The van der Waals surface area contributed by atoms with Crippen LogP contribution in [-0.4, -0.2) is 26.2 Å². The first-order valence-electron chi connectivity index (χ1n) is 8.68. The quantitative estimate of drug-likeness (QED) is 0.475. The second-order valence-electron chi connectivity index (χ2n) is 6.77. The van der Waals surface area contributed by atoms with Crippen LogP contribution < -0.4 is 5.32 Å². The lowest BCUT2D eigenvalue weighted by Gasteiger charge is -2.23. The van der Waals surface area contributed by atoms with E-state index in [0.717, 1.165) is 10.2 Å². The largest absolute Gasteiger partial charge is 0.507 e. The van der Waals surface area contributed by atoms with Gasteiger partial charge >= 0.3 is 6.18 Å². The molecular weight excluding hydrogens is 442 g/mol. The number of alkyl halides is 3. The summed E-state index contributed by atoms with van der Waals surface area (Å²) in [7, 11) is 0. The van der Waals surface area contributed by atoms with Crippen LogP contribution in [0.25, 0.3) is 16.8 Å². The average molecular weight is 456 g/mol. The number of nitrogens with zero attached hydrogens (tertiary/aromatic N) is 2. The summed E-state index contributed by atoms with van der Waals surface area (Å²) in [5, 5.41) is 27.3. The van der Waals surface area contributed by atoms with E-state index < -0.39 is 18.1 Å². The fourth-order valence-corrected chi connectivity index (χ4v) is 3.61. The molecule has 0 amide bonds. The molecule has 30 heavy (non-hydrogen) atoms. The van der Waals surface area contributed by atoms with Crippen molar-refractivity contribution in [2.45, 2.75) is 19.3 Å². The number of aryl methyl sites for hydroxylation is 1. The number of anilines is 1. The molecule has 1 aliphatic heterocycles. The number of phenolic OH excluding ortho intramolecular Hbond substituents is 1. The van der Waals surface area contributed by atoms with E-state index in [0.29, 0.717) is 0 Å². The van der Waals surface area contributed by atoms with Crippen LogP contribution >= 0.6 is 23.2 Å². The Morgan fingerprint density at radius 2 is 1.83 bits per heavy atom. The topological polar surface area (TPSA) is 70.3 Å². The third kappa shape index (κ3) is 3.51. The number of halogens is 5. The Labute approximate surface area is 179 Å². The maximum Gasteiger partial charge on any atom is 0.435 e. The molecule has 3 N–H and O–H groups in total. The number of phenols is 1. The van der Waals surface area contributed by atoms with E-state index in [1.54, 1.807) is 19.1 Å². The maximum absolute atomic E-state index is 13.9. The van der Waals surface area contributed by atoms with Gasteiger partial charge in [0.1, 0.15) is 17.8 Å². The lowest BCUT2D eigenvalue weighted by atomic mass is 10.0. The van der Waals surface area contributed by atoms with Crippen LogP contribution in [0, 0.1) is 6.92 Å². The highest BCUT2D eigenvalue weighted by molar-refractivity contribution is 6.42. The number of aromatic hydroxyl groups is 1. The van der Waals surface area contributed by atoms with Crippen LogP contribution in [0.3, 0.4) is 0 Å². The molecule has 5 nitrogen and oxygen atoms in total. The molecule has 10 heteroatoms. The highest BCUT2D eigenvalue weighted by Crippen LogP contribution is 2.45. The molecule has 0 saturated heterocycles. The number of benzene rings is 2. The fourth-order valence-electron chi connectivity index (χ4n) is 3.31. The van der Waals surface area contributed by atoms with E-state index in [2.05, 4.69) is 10.4 Å². The summed E-state index contributed by atoms with van der Waals surface area (Å²) in [6, 6.07) is 8.77. The third-order valence-corrected chi connectivity index (χ3v) is 5.36. The van der Waals surface area contributed by atoms with Crippen molar-refractivity contribution in [3.05, 3.63) is 69.3 Å². The summed E-state index contributed by atoms with van der Waals surface area (Å²) in [5.41, 5.74) is -0.260. The minimum absolute atomic E-state index is 0.0746. The van der Waals surface area contributed by atoms with Gasteiger partial charge in [0.25, 0.3) is 0 Å². The average Bonchev–Trinajstić information content (AvgIpc) is 3.03. The number of nitrogens with one attached hydrogen (secondary N) is 1. The van der Waals surface area contributed by atoms with Crippen molar-refractivity contribution in [3.8, 4) is 16.9 Å². The Kier molecular flexibility index (Phi) is 4.96. The number of aliphatic hydroxyl groups is 1. The molecule has 2 aromatic carbocycles. The maximum atomic E-state index is 13.9. The van der Waals surface area contributed by atoms with Gasteiger partial charge in [0, 0.05) is 5.56 Å². The lowest BCUT2D eigenvalue weighted by Crippen LogP contribution is -2.25. The molecular formula is C20H14Cl2F3N3O2. The smallest absolute Gasteiger partial charge is 0.435 e. The minimum Gasteiger partial charge on any atom is -0.507 e. The number of hydrogen-bond donors (Lipinski definition) is 3. The summed E-state index contributed by atoms with van der Waals surface area (Å²) < 4.78 is 42.6. The van der Waals surface area contributed by atoms with Gasteiger partial charge in [-0.25, -0.2) is 4.68 Å². The van der Waals surface area contributed by atoms with E-state index >= 15 is 0 Å². The number of aliphatic hydroxyl groups excluding tert-OH is 1. The van der Waals surface area contributed by atoms with Crippen LogP contribution in [0.5, 0.6) is 5.75 Å². The first kappa shape index (κ1) is 20.6. The number of fused-ring (bicyclic) bond motifs is 1. The van der Waals surface area contributed by atoms with Gasteiger partial charge < -0.3 is 15.5 Å². The molecule has 3 aromatic rings.